The maximum absolute atomic E-state index is 8.91. The maximum Gasteiger partial charge on any atom is 0.0840 e. The lowest BCUT2D eigenvalue weighted by Crippen LogP contribution is -2.65. The predicted octanol–water partition coefficient (Wildman–Crippen LogP) is -0.271. The average molecular weight is 101 g/mol. The summed E-state index contributed by atoms with van der Waals surface area (Å²) in [4.78, 5) is 0. The quantitative estimate of drug-likeness (QED) is 0.440. The van der Waals surface area contributed by atoms with E-state index in [9.17, 15) is 0 Å². The van der Waals surface area contributed by atoms with Gasteiger partial charge < -0.3 is 10.4 Å². The third-order valence-electron chi connectivity index (χ3n) is 1.58. The summed E-state index contributed by atoms with van der Waals surface area (Å²) in [5, 5.41) is 12.0. The van der Waals surface area contributed by atoms with E-state index in [0.717, 1.165) is 6.54 Å². The summed E-state index contributed by atoms with van der Waals surface area (Å²) in [5.74, 6) is 0. The molecule has 0 saturated carbocycles. The van der Waals surface area contributed by atoms with Crippen LogP contribution in [-0.2, 0) is 0 Å². The standard InChI is InChI=1S/C5H11NO/c1-5(2)4(7)3-6-5/h4,6-7H,3H2,1-2H3/t4-/m1/s1. The van der Waals surface area contributed by atoms with E-state index in [-0.39, 0.29) is 11.6 Å². The van der Waals surface area contributed by atoms with Crippen LogP contribution in [0.5, 0.6) is 0 Å². The molecule has 0 aromatic rings. The molecule has 0 amide bonds. The largest absolute Gasteiger partial charge is 0.390 e. The first-order valence-corrected chi connectivity index (χ1v) is 2.56. The Balaban J connectivity index is 2.43. The van der Waals surface area contributed by atoms with Gasteiger partial charge in [-0.2, -0.15) is 0 Å². The molecule has 42 valence electrons. The van der Waals surface area contributed by atoms with Gasteiger partial charge in [0, 0.05) is 12.1 Å². The van der Waals surface area contributed by atoms with Crippen LogP contribution >= 0.6 is 0 Å². The van der Waals surface area contributed by atoms with Gasteiger partial charge >= 0.3 is 0 Å². The second-order valence-corrected chi connectivity index (χ2v) is 2.62. The van der Waals surface area contributed by atoms with Crippen LogP contribution in [0.4, 0.5) is 0 Å². The Bertz CT molecular complexity index is 80.1. The molecule has 2 N–H and O–H groups in total. The molecule has 0 aliphatic carbocycles. The Morgan fingerprint density at radius 3 is 2.14 bits per heavy atom. The monoisotopic (exact) mass is 101 g/mol. The minimum atomic E-state index is -0.132. The highest BCUT2D eigenvalue weighted by Gasteiger charge is 2.35. The molecule has 0 spiro atoms. The maximum atomic E-state index is 8.91. The van der Waals surface area contributed by atoms with Crippen LogP contribution in [0.3, 0.4) is 0 Å². The molecule has 0 bridgehead atoms. The molecular formula is C5H11NO. The van der Waals surface area contributed by atoms with Crippen molar-refractivity contribution in [2.45, 2.75) is 25.5 Å². The molecular weight excluding hydrogens is 90.1 g/mol. The Hall–Kier alpha value is -0.0800. The van der Waals surface area contributed by atoms with Crippen molar-refractivity contribution in [1.29, 1.82) is 0 Å². The number of hydrogen-bond donors (Lipinski definition) is 2. The number of rotatable bonds is 0. The fourth-order valence-corrected chi connectivity index (χ4v) is 0.602. The van der Waals surface area contributed by atoms with Gasteiger partial charge in [0.05, 0.1) is 6.10 Å². The van der Waals surface area contributed by atoms with E-state index < -0.39 is 0 Å². The molecule has 1 saturated heterocycles. The third-order valence-corrected chi connectivity index (χ3v) is 1.58. The van der Waals surface area contributed by atoms with Gasteiger partial charge in [0.1, 0.15) is 0 Å². The summed E-state index contributed by atoms with van der Waals surface area (Å²) in [6.07, 6.45) is -0.132. The number of hydrogen-bond acceptors (Lipinski definition) is 2. The Labute approximate surface area is 43.5 Å². The number of aliphatic hydroxyl groups excluding tert-OH is 1. The molecule has 1 fully saturated rings. The van der Waals surface area contributed by atoms with Crippen molar-refractivity contribution in [2.75, 3.05) is 6.54 Å². The second kappa shape index (κ2) is 1.20. The van der Waals surface area contributed by atoms with Crippen LogP contribution in [0.25, 0.3) is 0 Å². The summed E-state index contributed by atoms with van der Waals surface area (Å²) in [6.45, 7) is 4.73. The number of β-amino-alcohol motifs (C(OH)–C–C–N with tert-alkyl or cyclic N) is 1. The highest BCUT2D eigenvalue weighted by atomic mass is 16.3. The lowest BCUT2D eigenvalue weighted by Gasteiger charge is -2.42. The fourth-order valence-electron chi connectivity index (χ4n) is 0.602. The van der Waals surface area contributed by atoms with Crippen molar-refractivity contribution in [3.05, 3.63) is 0 Å². The Morgan fingerprint density at radius 2 is 2.14 bits per heavy atom. The minimum Gasteiger partial charge on any atom is -0.390 e. The minimum absolute atomic E-state index is 0.0139. The molecule has 1 atom stereocenters. The normalized spacial score (nSPS) is 37.3. The van der Waals surface area contributed by atoms with E-state index in [1.165, 1.54) is 0 Å². The van der Waals surface area contributed by atoms with Crippen LogP contribution < -0.4 is 5.32 Å². The first-order chi connectivity index (χ1) is 3.13. The second-order valence-electron chi connectivity index (χ2n) is 2.62. The van der Waals surface area contributed by atoms with Gasteiger partial charge in [-0.1, -0.05) is 0 Å². The molecule has 1 aliphatic heterocycles. The molecule has 0 unspecified atom stereocenters. The van der Waals surface area contributed by atoms with Gasteiger partial charge in [-0.05, 0) is 13.8 Å². The Morgan fingerprint density at radius 1 is 1.71 bits per heavy atom. The highest BCUT2D eigenvalue weighted by molar-refractivity contribution is 4.96. The summed E-state index contributed by atoms with van der Waals surface area (Å²) >= 11 is 0. The van der Waals surface area contributed by atoms with E-state index in [0.29, 0.717) is 0 Å². The van der Waals surface area contributed by atoms with Crippen LogP contribution in [0.1, 0.15) is 13.8 Å². The Kier molecular flexibility index (Phi) is 0.869. The lowest BCUT2D eigenvalue weighted by atomic mass is 9.89. The molecule has 2 nitrogen and oxygen atoms in total. The predicted molar refractivity (Wildman–Crippen MR) is 28.1 cm³/mol. The zero-order valence-corrected chi connectivity index (χ0v) is 4.73. The van der Waals surface area contributed by atoms with Crippen LogP contribution in [-0.4, -0.2) is 23.3 Å². The molecule has 0 aromatic heterocycles. The van der Waals surface area contributed by atoms with Crippen molar-refractivity contribution < 1.29 is 5.11 Å². The van der Waals surface area contributed by atoms with E-state index in [1.54, 1.807) is 0 Å². The molecule has 2 heteroatoms. The average Bonchev–Trinajstić information content (AvgIpc) is 1.63. The van der Waals surface area contributed by atoms with E-state index >= 15 is 0 Å². The van der Waals surface area contributed by atoms with E-state index in [1.807, 2.05) is 13.8 Å². The van der Waals surface area contributed by atoms with Crippen LogP contribution in [0.15, 0.2) is 0 Å². The molecule has 1 aliphatic rings. The fraction of sp³-hybridized carbons (Fsp3) is 1.00. The van der Waals surface area contributed by atoms with Gasteiger partial charge in [-0.25, -0.2) is 0 Å². The zero-order valence-electron chi connectivity index (χ0n) is 4.73. The smallest absolute Gasteiger partial charge is 0.0840 e. The topological polar surface area (TPSA) is 32.3 Å². The third kappa shape index (κ3) is 0.640. The van der Waals surface area contributed by atoms with Gasteiger partial charge in [-0.15, -0.1) is 0 Å². The highest BCUT2D eigenvalue weighted by Crippen LogP contribution is 2.16. The number of nitrogens with one attached hydrogen (secondary N) is 1. The SMILES string of the molecule is CC1(C)NC[C@H]1O. The van der Waals surface area contributed by atoms with Gasteiger partial charge in [0.15, 0.2) is 0 Å². The summed E-state index contributed by atoms with van der Waals surface area (Å²) in [7, 11) is 0. The van der Waals surface area contributed by atoms with Crippen molar-refractivity contribution in [2.24, 2.45) is 0 Å². The van der Waals surface area contributed by atoms with Gasteiger partial charge in [-0.3, -0.25) is 0 Å². The van der Waals surface area contributed by atoms with Crippen molar-refractivity contribution in [1.82, 2.24) is 5.32 Å². The first-order valence-electron chi connectivity index (χ1n) is 2.56. The summed E-state index contributed by atoms with van der Waals surface area (Å²) in [5.41, 5.74) is -0.0139. The van der Waals surface area contributed by atoms with Crippen molar-refractivity contribution in [3.63, 3.8) is 0 Å². The first kappa shape index (κ1) is 5.06. The van der Waals surface area contributed by atoms with Crippen LogP contribution in [0.2, 0.25) is 0 Å². The van der Waals surface area contributed by atoms with Crippen molar-refractivity contribution >= 4 is 0 Å². The van der Waals surface area contributed by atoms with E-state index in [2.05, 4.69) is 5.32 Å². The molecule has 1 rings (SSSR count). The summed E-state index contributed by atoms with van der Waals surface area (Å²) < 4.78 is 0. The molecule has 7 heavy (non-hydrogen) atoms. The summed E-state index contributed by atoms with van der Waals surface area (Å²) in [6, 6.07) is 0. The molecule has 0 aromatic carbocycles. The van der Waals surface area contributed by atoms with Crippen LogP contribution in [0, 0.1) is 0 Å². The van der Waals surface area contributed by atoms with Gasteiger partial charge in [0.2, 0.25) is 0 Å². The van der Waals surface area contributed by atoms with Crippen molar-refractivity contribution in [3.8, 4) is 0 Å². The van der Waals surface area contributed by atoms with E-state index in [4.69, 9.17) is 5.11 Å². The van der Waals surface area contributed by atoms with Gasteiger partial charge in [0.25, 0.3) is 0 Å². The molecule has 1 heterocycles. The molecule has 0 radical (unpaired) electrons. The lowest BCUT2D eigenvalue weighted by molar-refractivity contribution is 0.00925. The number of aliphatic hydroxyl groups is 1. The zero-order chi connectivity index (χ0) is 5.49.